The second kappa shape index (κ2) is 8.45. The van der Waals surface area contributed by atoms with Crippen molar-refractivity contribution in [2.75, 3.05) is 32.1 Å². The molecule has 134 valence electrons. The fraction of sp³-hybridized carbons (Fsp3) is 0.250. The minimum atomic E-state index is -3.96. The van der Waals surface area contributed by atoms with Crippen LogP contribution in [0.1, 0.15) is 10.4 Å². The Morgan fingerprint density at radius 3 is 2.68 bits per heavy atom. The second-order valence-corrected chi connectivity index (χ2v) is 6.61. The molecular formula is C16H19N3O5S. The number of aromatic nitrogens is 1. The van der Waals surface area contributed by atoms with E-state index in [9.17, 15) is 13.2 Å². The van der Waals surface area contributed by atoms with Crippen LogP contribution in [0.15, 0.2) is 47.6 Å². The lowest BCUT2D eigenvalue weighted by atomic mass is 10.2. The fourth-order valence-corrected chi connectivity index (χ4v) is 3.27. The minimum Gasteiger partial charge on any atom is -0.495 e. The van der Waals surface area contributed by atoms with E-state index >= 15 is 0 Å². The van der Waals surface area contributed by atoms with Gasteiger partial charge in [0.05, 0.1) is 25.6 Å². The summed E-state index contributed by atoms with van der Waals surface area (Å²) in [5.41, 5.74) is 0.503. The van der Waals surface area contributed by atoms with Gasteiger partial charge in [-0.2, -0.15) is 0 Å². The van der Waals surface area contributed by atoms with Gasteiger partial charge in [0.25, 0.3) is 15.9 Å². The number of nitrogens with zero attached hydrogens (tertiary/aromatic N) is 1. The predicted octanol–water partition coefficient (Wildman–Crippen LogP) is 1.27. The van der Waals surface area contributed by atoms with Crippen molar-refractivity contribution in [3.63, 3.8) is 0 Å². The summed E-state index contributed by atoms with van der Waals surface area (Å²) in [6.45, 7) is 0.674. The molecule has 0 aliphatic rings. The number of pyridine rings is 1. The van der Waals surface area contributed by atoms with Gasteiger partial charge in [-0.1, -0.05) is 0 Å². The zero-order chi connectivity index (χ0) is 18.3. The van der Waals surface area contributed by atoms with Gasteiger partial charge in [-0.15, -0.1) is 0 Å². The summed E-state index contributed by atoms with van der Waals surface area (Å²) in [4.78, 5) is 15.8. The van der Waals surface area contributed by atoms with Crippen LogP contribution in [0.3, 0.4) is 0 Å². The van der Waals surface area contributed by atoms with Gasteiger partial charge in [-0.25, -0.2) is 8.42 Å². The molecule has 8 nitrogen and oxygen atoms in total. The average molecular weight is 365 g/mol. The van der Waals surface area contributed by atoms with Crippen molar-refractivity contribution in [1.82, 2.24) is 10.3 Å². The lowest BCUT2D eigenvalue weighted by Crippen LogP contribution is -2.27. The summed E-state index contributed by atoms with van der Waals surface area (Å²) >= 11 is 0. The fourth-order valence-electron chi connectivity index (χ4n) is 2.03. The maximum atomic E-state index is 12.6. The molecule has 0 unspecified atom stereocenters. The Bertz CT molecular complexity index is 825. The third kappa shape index (κ3) is 4.91. The molecule has 0 saturated heterocycles. The van der Waals surface area contributed by atoms with E-state index in [-0.39, 0.29) is 16.2 Å². The van der Waals surface area contributed by atoms with Gasteiger partial charge in [-0.05, 0) is 30.3 Å². The van der Waals surface area contributed by atoms with Crippen LogP contribution in [0, 0.1) is 0 Å². The Morgan fingerprint density at radius 2 is 2.04 bits per heavy atom. The molecule has 0 radical (unpaired) electrons. The zero-order valence-corrected chi connectivity index (χ0v) is 14.7. The van der Waals surface area contributed by atoms with E-state index in [2.05, 4.69) is 15.0 Å². The first-order chi connectivity index (χ1) is 12.0. The number of methoxy groups -OCH3 is 2. The summed E-state index contributed by atoms with van der Waals surface area (Å²) < 4.78 is 37.7. The van der Waals surface area contributed by atoms with Gasteiger partial charge in [-0.3, -0.25) is 14.5 Å². The number of ether oxygens (including phenoxy) is 2. The van der Waals surface area contributed by atoms with Crippen molar-refractivity contribution >= 4 is 21.6 Å². The van der Waals surface area contributed by atoms with E-state index in [0.717, 1.165) is 0 Å². The average Bonchev–Trinajstić information content (AvgIpc) is 2.61. The number of anilines is 1. The first kappa shape index (κ1) is 18.7. The molecule has 2 rings (SSSR count). The van der Waals surface area contributed by atoms with Gasteiger partial charge in [0.15, 0.2) is 0 Å². The van der Waals surface area contributed by atoms with Crippen molar-refractivity contribution in [1.29, 1.82) is 0 Å². The van der Waals surface area contributed by atoms with Gasteiger partial charge in [0, 0.05) is 25.4 Å². The topological polar surface area (TPSA) is 107 Å². The number of nitrogens with one attached hydrogen (secondary N) is 2. The normalized spacial score (nSPS) is 11.0. The lowest BCUT2D eigenvalue weighted by Gasteiger charge is -2.13. The number of sulfonamides is 1. The molecule has 0 bridgehead atoms. The lowest BCUT2D eigenvalue weighted by molar-refractivity contribution is 0.0937. The second-order valence-electron chi connectivity index (χ2n) is 4.96. The molecule has 1 aromatic heterocycles. The Kier molecular flexibility index (Phi) is 6.31. The number of benzene rings is 1. The van der Waals surface area contributed by atoms with Crippen LogP contribution in [-0.2, 0) is 14.8 Å². The first-order valence-electron chi connectivity index (χ1n) is 7.36. The highest BCUT2D eigenvalue weighted by Crippen LogP contribution is 2.26. The van der Waals surface area contributed by atoms with Crippen LogP contribution >= 0.6 is 0 Å². The van der Waals surface area contributed by atoms with Gasteiger partial charge in [0.2, 0.25) is 0 Å². The monoisotopic (exact) mass is 365 g/mol. The summed E-state index contributed by atoms with van der Waals surface area (Å²) in [5, 5.41) is 2.64. The smallest absolute Gasteiger partial charge is 0.265 e. The summed E-state index contributed by atoms with van der Waals surface area (Å²) in [5.74, 6) is -0.276. The molecule has 0 aliphatic carbocycles. The quantitative estimate of drug-likeness (QED) is 0.682. The van der Waals surface area contributed by atoms with E-state index in [1.165, 1.54) is 44.8 Å². The van der Waals surface area contributed by atoms with E-state index in [4.69, 9.17) is 9.47 Å². The highest BCUT2D eigenvalue weighted by molar-refractivity contribution is 7.92. The minimum absolute atomic E-state index is 0.129. The molecular weight excluding hydrogens is 346 g/mol. The van der Waals surface area contributed by atoms with Crippen molar-refractivity contribution in [3.05, 3.63) is 48.3 Å². The van der Waals surface area contributed by atoms with Gasteiger partial charge >= 0.3 is 0 Å². The van der Waals surface area contributed by atoms with Crippen LogP contribution in [0.2, 0.25) is 0 Å². The Labute approximate surface area is 146 Å². The van der Waals surface area contributed by atoms with Crippen LogP contribution in [0.4, 0.5) is 5.69 Å². The molecule has 1 amide bonds. The van der Waals surface area contributed by atoms with E-state index in [1.54, 1.807) is 12.1 Å². The number of carbonyl (C=O) groups excluding carboxylic acids is 1. The zero-order valence-electron chi connectivity index (χ0n) is 13.9. The number of hydrogen-bond acceptors (Lipinski definition) is 6. The molecule has 0 atom stereocenters. The molecule has 0 fully saturated rings. The third-order valence-electron chi connectivity index (χ3n) is 3.22. The van der Waals surface area contributed by atoms with Crippen LogP contribution in [0.25, 0.3) is 0 Å². The van der Waals surface area contributed by atoms with E-state index in [0.29, 0.717) is 18.8 Å². The summed E-state index contributed by atoms with van der Waals surface area (Å²) in [6.07, 6.45) is 2.91. The van der Waals surface area contributed by atoms with Gasteiger partial charge < -0.3 is 14.8 Å². The summed E-state index contributed by atoms with van der Waals surface area (Å²) in [6, 6.07) is 7.36. The molecule has 0 saturated carbocycles. The largest absolute Gasteiger partial charge is 0.495 e. The number of hydrogen-bond donors (Lipinski definition) is 2. The molecule has 2 N–H and O–H groups in total. The summed E-state index contributed by atoms with van der Waals surface area (Å²) in [7, 11) is -1.08. The van der Waals surface area contributed by atoms with Crippen molar-refractivity contribution in [3.8, 4) is 5.75 Å². The number of rotatable bonds is 8. The van der Waals surface area contributed by atoms with Gasteiger partial charge in [0.1, 0.15) is 10.6 Å². The Morgan fingerprint density at radius 1 is 1.24 bits per heavy atom. The Hall–Kier alpha value is -2.65. The third-order valence-corrected chi connectivity index (χ3v) is 4.62. The molecule has 25 heavy (non-hydrogen) atoms. The van der Waals surface area contributed by atoms with Crippen molar-refractivity contribution in [2.45, 2.75) is 4.90 Å². The molecule has 1 heterocycles. The highest BCUT2D eigenvalue weighted by atomic mass is 32.2. The van der Waals surface area contributed by atoms with Crippen molar-refractivity contribution < 1.29 is 22.7 Å². The van der Waals surface area contributed by atoms with Crippen LogP contribution < -0.4 is 14.8 Å². The number of carbonyl (C=O) groups is 1. The maximum absolute atomic E-state index is 12.6. The van der Waals surface area contributed by atoms with E-state index in [1.807, 2.05) is 0 Å². The molecule has 1 aromatic carbocycles. The van der Waals surface area contributed by atoms with E-state index < -0.39 is 15.9 Å². The first-order valence-corrected chi connectivity index (χ1v) is 8.84. The Balaban J connectivity index is 2.31. The van der Waals surface area contributed by atoms with Crippen LogP contribution in [-0.4, -0.2) is 46.7 Å². The standard InChI is InChI=1S/C16H19N3O5S/c1-23-9-8-18-16(20)12-5-6-14(24-2)15(10-12)25(21,22)19-13-4-3-7-17-11-13/h3-7,10-11,19H,8-9H2,1-2H3,(H,18,20). The molecule has 0 spiro atoms. The molecule has 9 heteroatoms. The van der Waals surface area contributed by atoms with Crippen molar-refractivity contribution in [2.24, 2.45) is 0 Å². The molecule has 2 aromatic rings. The molecule has 0 aliphatic heterocycles. The maximum Gasteiger partial charge on any atom is 0.265 e. The number of amides is 1. The predicted molar refractivity (Wildman–Crippen MR) is 92.2 cm³/mol. The highest BCUT2D eigenvalue weighted by Gasteiger charge is 2.22. The SMILES string of the molecule is COCCNC(=O)c1ccc(OC)c(S(=O)(=O)Nc2cccnc2)c1. The van der Waals surface area contributed by atoms with Crippen LogP contribution in [0.5, 0.6) is 5.75 Å².